The largest absolute Gasteiger partial charge is 0.378 e. The van der Waals surface area contributed by atoms with Gasteiger partial charge in [0.2, 0.25) is 0 Å². The number of ether oxygens (including phenoxy) is 1. The van der Waals surface area contributed by atoms with Crippen molar-refractivity contribution in [2.75, 3.05) is 54.9 Å². The SMILES string of the molecule is NCCNc1cc2nc[nH]c(=O)c2c(Nc2ccc(N3CCOCC3)cc2)n1. The molecule has 0 radical (unpaired) electrons. The Hall–Kier alpha value is -3.17. The normalized spacial score (nSPS) is 14.2. The molecule has 0 unspecified atom stereocenters. The highest BCUT2D eigenvalue weighted by molar-refractivity contribution is 5.92. The van der Waals surface area contributed by atoms with Gasteiger partial charge in [0, 0.05) is 43.6 Å². The number of rotatable bonds is 6. The Bertz CT molecular complexity index is 997. The van der Waals surface area contributed by atoms with Gasteiger partial charge in [0.15, 0.2) is 0 Å². The molecule has 0 amide bonds. The van der Waals surface area contributed by atoms with E-state index in [1.165, 1.54) is 6.33 Å². The van der Waals surface area contributed by atoms with Gasteiger partial charge in [0.05, 0.1) is 25.1 Å². The summed E-state index contributed by atoms with van der Waals surface area (Å²) in [7, 11) is 0. The topological polar surface area (TPSA) is 121 Å². The number of H-pyrrole nitrogens is 1. The molecule has 3 aromatic rings. The summed E-state index contributed by atoms with van der Waals surface area (Å²) < 4.78 is 5.40. The van der Waals surface area contributed by atoms with Crippen LogP contribution in [0.2, 0.25) is 0 Å². The molecule has 9 heteroatoms. The van der Waals surface area contributed by atoms with Crippen LogP contribution >= 0.6 is 0 Å². The zero-order chi connectivity index (χ0) is 19.3. The number of hydrogen-bond donors (Lipinski definition) is 4. The van der Waals surface area contributed by atoms with Crippen molar-refractivity contribution in [2.45, 2.75) is 0 Å². The number of benzene rings is 1. The van der Waals surface area contributed by atoms with Crippen LogP contribution in [0.25, 0.3) is 10.9 Å². The number of pyridine rings is 1. The predicted molar refractivity (Wildman–Crippen MR) is 110 cm³/mol. The number of aromatic nitrogens is 3. The van der Waals surface area contributed by atoms with E-state index in [9.17, 15) is 4.79 Å². The first kappa shape index (κ1) is 18.2. The molecule has 1 aromatic carbocycles. The van der Waals surface area contributed by atoms with E-state index in [0.29, 0.717) is 35.6 Å². The average molecular weight is 381 g/mol. The number of hydrogen-bond acceptors (Lipinski definition) is 8. The minimum Gasteiger partial charge on any atom is -0.378 e. The molecule has 1 aliphatic rings. The van der Waals surface area contributed by atoms with E-state index < -0.39 is 0 Å². The quantitative estimate of drug-likeness (QED) is 0.504. The van der Waals surface area contributed by atoms with Crippen LogP contribution in [-0.2, 0) is 4.74 Å². The molecule has 2 aromatic heterocycles. The Balaban J connectivity index is 1.63. The summed E-state index contributed by atoms with van der Waals surface area (Å²) in [5.74, 6) is 1.06. The fourth-order valence-corrected chi connectivity index (χ4v) is 3.18. The number of aromatic amines is 1. The maximum Gasteiger partial charge on any atom is 0.262 e. The van der Waals surface area contributed by atoms with E-state index in [1.54, 1.807) is 6.07 Å². The third-order valence-corrected chi connectivity index (χ3v) is 4.58. The van der Waals surface area contributed by atoms with Crippen molar-refractivity contribution < 1.29 is 4.74 Å². The van der Waals surface area contributed by atoms with Gasteiger partial charge < -0.3 is 31.0 Å². The molecule has 0 aliphatic carbocycles. The van der Waals surface area contributed by atoms with Crippen LogP contribution in [0.3, 0.4) is 0 Å². The van der Waals surface area contributed by atoms with Crippen LogP contribution < -0.4 is 26.8 Å². The monoisotopic (exact) mass is 381 g/mol. The molecule has 9 nitrogen and oxygen atoms in total. The highest BCUT2D eigenvalue weighted by Crippen LogP contribution is 2.25. The van der Waals surface area contributed by atoms with Crippen LogP contribution in [0.15, 0.2) is 41.5 Å². The number of nitrogens with zero attached hydrogens (tertiary/aromatic N) is 3. The Morgan fingerprint density at radius 1 is 1.21 bits per heavy atom. The van der Waals surface area contributed by atoms with Crippen LogP contribution in [-0.4, -0.2) is 54.3 Å². The van der Waals surface area contributed by atoms with Gasteiger partial charge in [-0.25, -0.2) is 9.97 Å². The van der Waals surface area contributed by atoms with Gasteiger partial charge in [-0.2, -0.15) is 0 Å². The fourth-order valence-electron chi connectivity index (χ4n) is 3.18. The fraction of sp³-hybridized carbons (Fsp3) is 0.316. The first-order chi connectivity index (χ1) is 13.7. The molecule has 28 heavy (non-hydrogen) atoms. The van der Waals surface area contributed by atoms with Crippen molar-refractivity contribution in [1.29, 1.82) is 0 Å². The number of fused-ring (bicyclic) bond motifs is 1. The molecule has 1 fully saturated rings. The van der Waals surface area contributed by atoms with Crippen LogP contribution in [0, 0.1) is 0 Å². The van der Waals surface area contributed by atoms with E-state index in [2.05, 4.69) is 42.6 Å². The molecule has 3 heterocycles. The third-order valence-electron chi connectivity index (χ3n) is 4.58. The summed E-state index contributed by atoms with van der Waals surface area (Å²) in [4.78, 5) is 26.0. The highest BCUT2D eigenvalue weighted by Gasteiger charge is 2.13. The van der Waals surface area contributed by atoms with Crippen LogP contribution in [0.1, 0.15) is 0 Å². The van der Waals surface area contributed by atoms with Gasteiger partial charge in [0.1, 0.15) is 17.0 Å². The molecule has 0 atom stereocenters. The predicted octanol–water partition coefficient (Wildman–Crippen LogP) is 1.27. The number of morpholine rings is 1. The van der Waals surface area contributed by atoms with Gasteiger partial charge in [-0.1, -0.05) is 0 Å². The van der Waals surface area contributed by atoms with Crippen molar-refractivity contribution in [3.8, 4) is 0 Å². The maximum atomic E-state index is 12.3. The van der Waals surface area contributed by atoms with E-state index in [-0.39, 0.29) is 5.56 Å². The Morgan fingerprint density at radius 3 is 2.75 bits per heavy atom. The maximum absolute atomic E-state index is 12.3. The molecular weight excluding hydrogens is 358 g/mol. The summed E-state index contributed by atoms with van der Waals surface area (Å²) in [5, 5.41) is 6.80. The lowest BCUT2D eigenvalue weighted by atomic mass is 10.2. The summed E-state index contributed by atoms with van der Waals surface area (Å²) in [6.45, 7) is 4.32. The minimum atomic E-state index is -0.240. The average Bonchev–Trinajstić information content (AvgIpc) is 2.73. The summed E-state index contributed by atoms with van der Waals surface area (Å²) in [5.41, 5.74) is 7.86. The van der Waals surface area contributed by atoms with Crippen LogP contribution in [0.4, 0.5) is 23.0 Å². The molecule has 146 valence electrons. The van der Waals surface area contributed by atoms with Crippen LogP contribution in [0.5, 0.6) is 0 Å². The first-order valence-corrected chi connectivity index (χ1v) is 9.27. The summed E-state index contributed by atoms with van der Waals surface area (Å²) in [6.07, 6.45) is 1.39. The van der Waals surface area contributed by atoms with E-state index in [1.807, 2.05) is 12.1 Å². The van der Waals surface area contributed by atoms with Gasteiger partial charge in [-0.15, -0.1) is 0 Å². The lowest BCUT2D eigenvalue weighted by Crippen LogP contribution is -2.36. The van der Waals surface area contributed by atoms with Gasteiger partial charge in [0.25, 0.3) is 5.56 Å². The third kappa shape index (κ3) is 3.90. The Labute approximate surface area is 161 Å². The second-order valence-corrected chi connectivity index (χ2v) is 6.47. The van der Waals surface area contributed by atoms with Gasteiger partial charge in [-0.05, 0) is 24.3 Å². The zero-order valence-corrected chi connectivity index (χ0v) is 15.4. The molecule has 0 saturated carbocycles. The first-order valence-electron chi connectivity index (χ1n) is 9.27. The van der Waals surface area contributed by atoms with E-state index in [0.717, 1.165) is 37.7 Å². The summed E-state index contributed by atoms with van der Waals surface area (Å²) >= 11 is 0. The van der Waals surface area contributed by atoms with E-state index in [4.69, 9.17) is 10.5 Å². The second kappa shape index (κ2) is 8.24. The Kier molecular flexibility index (Phi) is 5.36. The summed E-state index contributed by atoms with van der Waals surface area (Å²) in [6, 6.07) is 9.79. The molecule has 0 bridgehead atoms. The molecule has 0 spiro atoms. The minimum absolute atomic E-state index is 0.240. The van der Waals surface area contributed by atoms with Crippen molar-refractivity contribution in [2.24, 2.45) is 5.73 Å². The number of nitrogens with two attached hydrogens (primary N) is 1. The number of nitrogens with one attached hydrogen (secondary N) is 3. The molecule has 1 saturated heterocycles. The van der Waals surface area contributed by atoms with Crippen molar-refractivity contribution in [1.82, 2.24) is 15.0 Å². The van der Waals surface area contributed by atoms with Crippen molar-refractivity contribution >= 4 is 33.9 Å². The smallest absolute Gasteiger partial charge is 0.262 e. The lowest BCUT2D eigenvalue weighted by Gasteiger charge is -2.28. The highest BCUT2D eigenvalue weighted by atomic mass is 16.5. The van der Waals surface area contributed by atoms with Gasteiger partial charge >= 0.3 is 0 Å². The van der Waals surface area contributed by atoms with E-state index >= 15 is 0 Å². The second-order valence-electron chi connectivity index (χ2n) is 6.47. The van der Waals surface area contributed by atoms with Gasteiger partial charge in [-0.3, -0.25) is 4.79 Å². The van der Waals surface area contributed by atoms with Crippen molar-refractivity contribution in [3.63, 3.8) is 0 Å². The molecule has 5 N–H and O–H groups in total. The Morgan fingerprint density at radius 2 is 2.00 bits per heavy atom. The standard InChI is InChI=1S/C19H23N7O2/c20-5-6-21-16-11-15-17(19(27)23-12-22-15)18(25-16)24-13-1-3-14(4-2-13)26-7-9-28-10-8-26/h1-4,11-12H,5-10,20H2,(H2,21,24,25)(H,22,23,27). The number of anilines is 4. The molecule has 4 rings (SSSR count). The van der Waals surface area contributed by atoms with Crippen molar-refractivity contribution in [3.05, 3.63) is 47.0 Å². The molecular formula is C19H23N7O2. The zero-order valence-electron chi connectivity index (χ0n) is 15.4. The lowest BCUT2D eigenvalue weighted by molar-refractivity contribution is 0.122. The molecule has 1 aliphatic heterocycles.